The molecule has 0 saturated carbocycles. The van der Waals surface area contributed by atoms with Crippen molar-refractivity contribution in [3.63, 3.8) is 0 Å². The summed E-state index contributed by atoms with van der Waals surface area (Å²) in [5.74, 6) is 1.35. The van der Waals surface area contributed by atoms with Gasteiger partial charge in [-0.05, 0) is 50.9 Å². The first kappa shape index (κ1) is 13.5. The van der Waals surface area contributed by atoms with Gasteiger partial charge in [-0.2, -0.15) is 0 Å². The van der Waals surface area contributed by atoms with Crippen LogP contribution in [0.5, 0.6) is 0 Å². The van der Waals surface area contributed by atoms with E-state index < -0.39 is 0 Å². The normalized spacial score (nSPS) is 32.5. The van der Waals surface area contributed by atoms with Crippen LogP contribution in [-0.2, 0) is 0 Å². The number of fused-ring (bicyclic) bond motifs is 1. The molecule has 2 heterocycles. The first-order chi connectivity index (χ1) is 9.08. The maximum Gasteiger partial charge on any atom is 0.129 e. The van der Waals surface area contributed by atoms with Crippen molar-refractivity contribution in [1.29, 1.82) is 0 Å². The topological polar surface area (TPSA) is 15.3 Å². The number of rotatable bonds is 2. The molecule has 4 unspecified atom stereocenters. The van der Waals surface area contributed by atoms with E-state index in [1.807, 2.05) is 12.1 Å². The molecule has 0 amide bonds. The van der Waals surface area contributed by atoms with Crippen LogP contribution in [0.2, 0.25) is 0 Å². The Labute approximate surface area is 122 Å². The van der Waals surface area contributed by atoms with E-state index in [9.17, 15) is 4.39 Å². The minimum Gasteiger partial charge on any atom is -0.316 e. The molecule has 2 nitrogen and oxygen atoms in total. The van der Waals surface area contributed by atoms with Gasteiger partial charge in [0.25, 0.3) is 0 Å². The molecule has 4 heteroatoms. The largest absolute Gasteiger partial charge is 0.316 e. The average Bonchev–Trinajstić information content (AvgIpc) is 2.92. The number of likely N-dealkylation sites (tertiary alicyclic amines) is 1. The SMILES string of the molecule is CC(c1ccc(Br)cc1F)N1CC2CNCC2C1C. The molecule has 0 radical (unpaired) electrons. The molecule has 104 valence electrons. The molecule has 4 atom stereocenters. The summed E-state index contributed by atoms with van der Waals surface area (Å²) < 4.78 is 14.9. The van der Waals surface area contributed by atoms with Crippen LogP contribution in [0.1, 0.15) is 25.5 Å². The Hall–Kier alpha value is -0.450. The van der Waals surface area contributed by atoms with Crippen LogP contribution in [0.15, 0.2) is 22.7 Å². The van der Waals surface area contributed by atoms with Crippen molar-refractivity contribution in [2.24, 2.45) is 11.8 Å². The van der Waals surface area contributed by atoms with E-state index in [1.54, 1.807) is 6.07 Å². The molecule has 1 N–H and O–H groups in total. The highest BCUT2D eigenvalue weighted by molar-refractivity contribution is 9.10. The van der Waals surface area contributed by atoms with Gasteiger partial charge >= 0.3 is 0 Å². The molecule has 2 saturated heterocycles. The molecule has 0 aliphatic carbocycles. The second kappa shape index (κ2) is 5.15. The van der Waals surface area contributed by atoms with Gasteiger partial charge in [0.2, 0.25) is 0 Å². The maximum atomic E-state index is 14.1. The van der Waals surface area contributed by atoms with Crippen molar-refractivity contribution >= 4 is 15.9 Å². The van der Waals surface area contributed by atoms with Crippen LogP contribution in [0.3, 0.4) is 0 Å². The molecule has 0 bridgehead atoms. The summed E-state index contributed by atoms with van der Waals surface area (Å²) in [5.41, 5.74) is 0.808. The number of nitrogens with zero attached hydrogens (tertiary/aromatic N) is 1. The van der Waals surface area contributed by atoms with Crippen LogP contribution in [-0.4, -0.2) is 30.6 Å². The van der Waals surface area contributed by atoms with E-state index in [0.29, 0.717) is 6.04 Å². The molecule has 2 aliphatic heterocycles. The summed E-state index contributed by atoms with van der Waals surface area (Å²) in [6.07, 6.45) is 0. The third-order valence-corrected chi connectivity index (χ3v) is 5.38. The van der Waals surface area contributed by atoms with Crippen molar-refractivity contribution in [1.82, 2.24) is 10.2 Å². The lowest BCUT2D eigenvalue weighted by atomic mass is 9.95. The van der Waals surface area contributed by atoms with Crippen LogP contribution >= 0.6 is 15.9 Å². The lowest BCUT2D eigenvalue weighted by molar-refractivity contribution is 0.179. The lowest BCUT2D eigenvalue weighted by Gasteiger charge is -2.31. The van der Waals surface area contributed by atoms with Crippen LogP contribution in [0.25, 0.3) is 0 Å². The molecule has 3 rings (SSSR count). The van der Waals surface area contributed by atoms with Crippen molar-refractivity contribution < 1.29 is 4.39 Å². The van der Waals surface area contributed by atoms with Gasteiger partial charge in [-0.15, -0.1) is 0 Å². The highest BCUT2D eigenvalue weighted by Gasteiger charge is 2.43. The molecule has 2 fully saturated rings. The number of halogens is 2. The minimum atomic E-state index is -0.107. The van der Waals surface area contributed by atoms with Gasteiger partial charge in [0, 0.05) is 28.7 Å². The molecular formula is C15H20BrFN2. The summed E-state index contributed by atoms with van der Waals surface area (Å²) in [5, 5.41) is 3.47. The highest BCUT2D eigenvalue weighted by atomic mass is 79.9. The van der Waals surface area contributed by atoms with Gasteiger partial charge in [0.15, 0.2) is 0 Å². The Morgan fingerprint density at radius 3 is 2.89 bits per heavy atom. The van der Waals surface area contributed by atoms with Crippen LogP contribution in [0.4, 0.5) is 4.39 Å². The fraction of sp³-hybridized carbons (Fsp3) is 0.600. The van der Waals surface area contributed by atoms with Crippen molar-refractivity contribution in [2.45, 2.75) is 25.9 Å². The fourth-order valence-electron chi connectivity index (χ4n) is 3.73. The Kier molecular flexibility index (Phi) is 3.67. The zero-order chi connectivity index (χ0) is 13.6. The maximum absolute atomic E-state index is 14.1. The quantitative estimate of drug-likeness (QED) is 0.897. The van der Waals surface area contributed by atoms with Crippen molar-refractivity contribution in [2.75, 3.05) is 19.6 Å². The van der Waals surface area contributed by atoms with E-state index in [1.165, 1.54) is 0 Å². The van der Waals surface area contributed by atoms with Gasteiger partial charge in [-0.25, -0.2) is 4.39 Å². The Morgan fingerprint density at radius 2 is 2.21 bits per heavy atom. The summed E-state index contributed by atoms with van der Waals surface area (Å²) in [6, 6.07) is 6.07. The smallest absolute Gasteiger partial charge is 0.129 e. The third kappa shape index (κ3) is 2.34. The zero-order valence-corrected chi connectivity index (χ0v) is 13.0. The van der Waals surface area contributed by atoms with E-state index in [0.717, 1.165) is 41.5 Å². The van der Waals surface area contributed by atoms with E-state index >= 15 is 0 Å². The Morgan fingerprint density at radius 1 is 1.42 bits per heavy atom. The molecule has 1 aromatic rings. The number of hydrogen-bond acceptors (Lipinski definition) is 2. The summed E-state index contributed by atoms with van der Waals surface area (Å²) in [4.78, 5) is 2.46. The number of nitrogens with one attached hydrogen (secondary N) is 1. The molecule has 0 aromatic heterocycles. The van der Waals surface area contributed by atoms with Gasteiger partial charge in [-0.1, -0.05) is 22.0 Å². The minimum absolute atomic E-state index is 0.107. The first-order valence-electron chi connectivity index (χ1n) is 6.99. The van der Waals surface area contributed by atoms with Gasteiger partial charge in [0.1, 0.15) is 5.82 Å². The molecule has 0 spiro atoms. The molecular weight excluding hydrogens is 307 g/mol. The second-order valence-corrected chi connectivity index (χ2v) is 6.78. The standard InChI is InChI=1S/C15H20BrFN2/c1-9(13-4-3-12(16)5-15(13)17)19-8-11-6-18-7-14(11)10(19)2/h3-5,9-11,14,18H,6-8H2,1-2H3. The summed E-state index contributed by atoms with van der Waals surface area (Å²) in [7, 11) is 0. The zero-order valence-electron chi connectivity index (χ0n) is 11.4. The second-order valence-electron chi connectivity index (χ2n) is 5.86. The fourth-order valence-corrected chi connectivity index (χ4v) is 4.06. The lowest BCUT2D eigenvalue weighted by Crippen LogP contribution is -2.35. The monoisotopic (exact) mass is 326 g/mol. The Balaban J connectivity index is 1.82. The predicted octanol–water partition coefficient (Wildman–Crippen LogP) is 3.19. The van der Waals surface area contributed by atoms with Gasteiger partial charge in [0.05, 0.1) is 0 Å². The highest BCUT2D eigenvalue weighted by Crippen LogP contribution is 2.38. The summed E-state index contributed by atoms with van der Waals surface area (Å²) in [6.45, 7) is 7.71. The molecule has 2 aliphatic rings. The predicted molar refractivity (Wildman–Crippen MR) is 78.5 cm³/mol. The summed E-state index contributed by atoms with van der Waals surface area (Å²) >= 11 is 3.32. The first-order valence-corrected chi connectivity index (χ1v) is 7.78. The Bertz CT molecular complexity index is 479. The van der Waals surface area contributed by atoms with Gasteiger partial charge < -0.3 is 5.32 Å². The van der Waals surface area contributed by atoms with E-state index in [-0.39, 0.29) is 11.9 Å². The van der Waals surface area contributed by atoms with Crippen molar-refractivity contribution in [3.05, 3.63) is 34.1 Å². The molecule has 1 aromatic carbocycles. The number of benzene rings is 1. The van der Waals surface area contributed by atoms with Crippen LogP contribution < -0.4 is 5.32 Å². The average molecular weight is 327 g/mol. The van der Waals surface area contributed by atoms with E-state index in [4.69, 9.17) is 0 Å². The number of hydrogen-bond donors (Lipinski definition) is 1. The van der Waals surface area contributed by atoms with Crippen LogP contribution in [0, 0.1) is 17.7 Å². The van der Waals surface area contributed by atoms with E-state index in [2.05, 4.69) is 40.0 Å². The molecule has 19 heavy (non-hydrogen) atoms. The third-order valence-electron chi connectivity index (χ3n) is 4.89. The van der Waals surface area contributed by atoms with Gasteiger partial charge in [-0.3, -0.25) is 4.90 Å². The van der Waals surface area contributed by atoms with Crippen molar-refractivity contribution in [3.8, 4) is 0 Å².